The van der Waals surface area contributed by atoms with Crippen molar-refractivity contribution in [1.29, 1.82) is 0 Å². The Balaban J connectivity index is 0.00000180. The predicted molar refractivity (Wildman–Crippen MR) is 76.4 cm³/mol. The van der Waals surface area contributed by atoms with Gasteiger partial charge in [0.15, 0.2) is 0 Å². The van der Waals surface area contributed by atoms with Crippen LogP contribution in [0.4, 0.5) is 5.69 Å². The van der Waals surface area contributed by atoms with Crippen LogP contribution in [-0.2, 0) is 4.79 Å². The number of rotatable bonds is 3. The molecule has 0 spiro atoms. The molecule has 1 aromatic rings. The van der Waals surface area contributed by atoms with Gasteiger partial charge in [-0.05, 0) is 31.5 Å². The van der Waals surface area contributed by atoms with Gasteiger partial charge in [0.1, 0.15) is 0 Å². The van der Waals surface area contributed by atoms with Crippen molar-refractivity contribution in [2.75, 3.05) is 18.4 Å². The fraction of sp³-hybridized carbons (Fsp3) is 0.385. The second kappa shape index (κ2) is 7.11. The Bertz CT molecular complexity index is 459. The minimum Gasteiger partial charge on any atom is -0.366 e. The van der Waals surface area contributed by atoms with Crippen LogP contribution in [0.3, 0.4) is 0 Å². The van der Waals surface area contributed by atoms with Gasteiger partial charge in [-0.1, -0.05) is 12.1 Å². The van der Waals surface area contributed by atoms with Crippen LogP contribution >= 0.6 is 12.4 Å². The first-order valence-electron chi connectivity index (χ1n) is 6.09. The number of anilines is 1. The van der Waals surface area contributed by atoms with Gasteiger partial charge in [-0.15, -0.1) is 12.4 Å². The van der Waals surface area contributed by atoms with Crippen molar-refractivity contribution in [3.05, 3.63) is 29.8 Å². The highest BCUT2D eigenvalue weighted by molar-refractivity contribution is 6.03. The third kappa shape index (κ3) is 3.94. The van der Waals surface area contributed by atoms with Crippen LogP contribution in [0.5, 0.6) is 0 Å². The van der Waals surface area contributed by atoms with E-state index in [0.29, 0.717) is 17.8 Å². The highest BCUT2D eigenvalue weighted by Crippen LogP contribution is 2.17. The van der Waals surface area contributed by atoms with Crippen molar-refractivity contribution in [2.45, 2.75) is 12.8 Å². The third-order valence-electron chi connectivity index (χ3n) is 3.12. The average molecular weight is 284 g/mol. The molecule has 2 rings (SSSR count). The average Bonchev–Trinajstić information content (AvgIpc) is 2.40. The Kier molecular flexibility index (Phi) is 5.79. The number of carbonyl (C=O) groups excluding carboxylic acids is 2. The molecule has 19 heavy (non-hydrogen) atoms. The molecule has 1 atom stereocenters. The Labute approximate surface area is 118 Å². The summed E-state index contributed by atoms with van der Waals surface area (Å²) in [6, 6.07) is 6.78. The van der Waals surface area contributed by atoms with Gasteiger partial charge in [0.2, 0.25) is 5.91 Å². The second-order valence-electron chi connectivity index (χ2n) is 4.44. The summed E-state index contributed by atoms with van der Waals surface area (Å²) in [5.74, 6) is -0.636. The molecule has 5 nitrogen and oxygen atoms in total. The summed E-state index contributed by atoms with van der Waals surface area (Å²) in [7, 11) is 0. The lowest BCUT2D eigenvalue weighted by molar-refractivity contribution is -0.120. The van der Waals surface area contributed by atoms with Crippen molar-refractivity contribution < 1.29 is 9.59 Å². The van der Waals surface area contributed by atoms with E-state index in [1.54, 1.807) is 24.3 Å². The summed E-state index contributed by atoms with van der Waals surface area (Å²) in [5, 5.41) is 5.97. The van der Waals surface area contributed by atoms with Gasteiger partial charge in [-0.2, -0.15) is 0 Å². The third-order valence-corrected chi connectivity index (χ3v) is 3.12. The van der Waals surface area contributed by atoms with E-state index >= 15 is 0 Å². The normalized spacial score (nSPS) is 18.2. The number of halogens is 1. The van der Waals surface area contributed by atoms with E-state index in [0.717, 1.165) is 19.4 Å². The van der Waals surface area contributed by atoms with E-state index in [9.17, 15) is 9.59 Å². The van der Waals surface area contributed by atoms with Crippen molar-refractivity contribution in [3.63, 3.8) is 0 Å². The van der Waals surface area contributed by atoms with Crippen LogP contribution in [0.15, 0.2) is 24.3 Å². The van der Waals surface area contributed by atoms with Gasteiger partial charge >= 0.3 is 0 Å². The molecule has 1 fully saturated rings. The predicted octanol–water partition coefficient (Wildman–Crippen LogP) is 1.15. The molecule has 0 bridgehead atoms. The van der Waals surface area contributed by atoms with E-state index in [4.69, 9.17) is 5.73 Å². The first-order chi connectivity index (χ1) is 8.68. The number of nitrogens with two attached hydrogens (primary N) is 1. The summed E-state index contributed by atoms with van der Waals surface area (Å²) in [6.45, 7) is 1.65. The molecule has 2 amide bonds. The molecule has 0 aliphatic carbocycles. The second-order valence-corrected chi connectivity index (χ2v) is 4.44. The molecule has 1 aliphatic heterocycles. The molecule has 1 saturated heterocycles. The van der Waals surface area contributed by atoms with Crippen LogP contribution in [-0.4, -0.2) is 24.9 Å². The van der Waals surface area contributed by atoms with E-state index in [-0.39, 0.29) is 24.2 Å². The molecule has 0 unspecified atom stereocenters. The van der Waals surface area contributed by atoms with Gasteiger partial charge < -0.3 is 16.4 Å². The lowest BCUT2D eigenvalue weighted by Gasteiger charge is -2.22. The number of piperidine rings is 1. The zero-order valence-electron chi connectivity index (χ0n) is 10.5. The van der Waals surface area contributed by atoms with Crippen molar-refractivity contribution in [1.82, 2.24) is 5.32 Å². The minimum atomic E-state index is -0.535. The van der Waals surface area contributed by atoms with Gasteiger partial charge in [-0.3, -0.25) is 9.59 Å². The van der Waals surface area contributed by atoms with Crippen molar-refractivity contribution in [2.24, 2.45) is 11.7 Å². The van der Waals surface area contributed by atoms with Crippen LogP contribution in [0.25, 0.3) is 0 Å². The maximum atomic E-state index is 12.0. The summed E-state index contributed by atoms with van der Waals surface area (Å²) in [4.78, 5) is 23.3. The SMILES string of the molecule is Cl.NC(=O)c1ccccc1NC(=O)[C@@H]1CCCNC1. The number of hydrogen-bond donors (Lipinski definition) is 3. The van der Waals surface area contributed by atoms with Gasteiger partial charge in [0, 0.05) is 6.54 Å². The molecule has 6 heteroatoms. The number of para-hydroxylation sites is 1. The fourth-order valence-corrected chi connectivity index (χ4v) is 2.12. The van der Waals surface area contributed by atoms with Gasteiger partial charge in [-0.25, -0.2) is 0 Å². The summed E-state index contributed by atoms with van der Waals surface area (Å²) in [6.07, 6.45) is 1.87. The standard InChI is InChI=1S/C13H17N3O2.ClH/c14-12(17)10-5-1-2-6-11(10)16-13(18)9-4-3-7-15-8-9;/h1-2,5-6,9,15H,3-4,7-8H2,(H2,14,17)(H,16,18);1H/t9-;/m1./s1. The molecule has 0 radical (unpaired) electrons. The molecule has 4 N–H and O–H groups in total. The lowest BCUT2D eigenvalue weighted by atomic mass is 9.98. The molecular weight excluding hydrogens is 266 g/mol. The van der Waals surface area contributed by atoms with E-state index < -0.39 is 5.91 Å². The van der Waals surface area contributed by atoms with Crippen LogP contribution < -0.4 is 16.4 Å². The Morgan fingerprint density at radius 3 is 2.68 bits per heavy atom. The number of amides is 2. The summed E-state index contributed by atoms with van der Waals surface area (Å²) in [5.41, 5.74) is 6.10. The van der Waals surface area contributed by atoms with E-state index in [1.807, 2.05) is 0 Å². The van der Waals surface area contributed by atoms with Crippen LogP contribution in [0.2, 0.25) is 0 Å². The Morgan fingerprint density at radius 2 is 2.05 bits per heavy atom. The smallest absolute Gasteiger partial charge is 0.250 e. The van der Waals surface area contributed by atoms with Crippen LogP contribution in [0, 0.1) is 5.92 Å². The highest BCUT2D eigenvalue weighted by Gasteiger charge is 2.21. The molecule has 0 saturated carbocycles. The van der Waals surface area contributed by atoms with Crippen molar-refractivity contribution >= 4 is 29.9 Å². The van der Waals surface area contributed by atoms with E-state index in [1.165, 1.54) is 0 Å². The zero-order valence-corrected chi connectivity index (χ0v) is 11.3. The van der Waals surface area contributed by atoms with Gasteiger partial charge in [0.05, 0.1) is 17.2 Å². The molecule has 1 heterocycles. The zero-order chi connectivity index (χ0) is 13.0. The maximum Gasteiger partial charge on any atom is 0.250 e. The Morgan fingerprint density at radius 1 is 1.32 bits per heavy atom. The monoisotopic (exact) mass is 283 g/mol. The maximum absolute atomic E-state index is 12.0. The fourth-order valence-electron chi connectivity index (χ4n) is 2.12. The van der Waals surface area contributed by atoms with Gasteiger partial charge in [0.25, 0.3) is 5.91 Å². The first-order valence-corrected chi connectivity index (χ1v) is 6.09. The quantitative estimate of drug-likeness (QED) is 0.778. The number of hydrogen-bond acceptors (Lipinski definition) is 3. The lowest BCUT2D eigenvalue weighted by Crippen LogP contribution is -2.37. The topological polar surface area (TPSA) is 84.2 Å². The highest BCUT2D eigenvalue weighted by atomic mass is 35.5. The Hall–Kier alpha value is -1.59. The molecule has 1 aromatic carbocycles. The number of nitrogens with one attached hydrogen (secondary N) is 2. The largest absolute Gasteiger partial charge is 0.366 e. The van der Waals surface area contributed by atoms with E-state index in [2.05, 4.69) is 10.6 Å². The summed E-state index contributed by atoms with van der Waals surface area (Å²) >= 11 is 0. The molecule has 0 aromatic heterocycles. The molecular formula is C13H18ClN3O2. The van der Waals surface area contributed by atoms with Crippen molar-refractivity contribution in [3.8, 4) is 0 Å². The number of benzene rings is 1. The van der Waals surface area contributed by atoms with Crippen LogP contribution in [0.1, 0.15) is 23.2 Å². The molecule has 104 valence electrons. The summed E-state index contributed by atoms with van der Waals surface area (Å²) < 4.78 is 0. The number of carbonyl (C=O) groups is 2. The first kappa shape index (κ1) is 15.5. The molecule has 1 aliphatic rings. The minimum absolute atomic E-state index is 0. The number of primary amides is 1.